The molecule has 0 spiro atoms. The normalized spacial score (nSPS) is 11.8. The van der Waals surface area contributed by atoms with Gasteiger partial charge in [-0.1, -0.05) is 43.2 Å². The molecule has 1 N–H and O–H groups in total. The van der Waals surface area contributed by atoms with Crippen LogP contribution >= 0.6 is 23.7 Å². The van der Waals surface area contributed by atoms with E-state index in [1.54, 1.807) is 24.3 Å². The van der Waals surface area contributed by atoms with E-state index in [-0.39, 0.29) is 23.5 Å². The number of benzene rings is 2. The molecular formula is C21H19F3O3S2. The van der Waals surface area contributed by atoms with Crippen LogP contribution in [0.2, 0.25) is 0 Å². The van der Waals surface area contributed by atoms with Crippen LogP contribution < -0.4 is 8.93 Å². The Morgan fingerprint density at radius 1 is 1.07 bits per heavy atom. The van der Waals surface area contributed by atoms with E-state index in [1.165, 1.54) is 12.1 Å². The fourth-order valence-corrected chi connectivity index (χ4v) is 4.26. The number of rotatable bonds is 7. The third-order valence-corrected chi connectivity index (χ3v) is 5.84. The molecule has 0 saturated carbocycles. The summed E-state index contributed by atoms with van der Waals surface area (Å²) in [5.41, 5.74) is -0.243. The second kappa shape index (κ2) is 9.19. The van der Waals surface area contributed by atoms with Crippen molar-refractivity contribution in [3.05, 3.63) is 63.1 Å². The van der Waals surface area contributed by atoms with Crippen molar-refractivity contribution < 1.29 is 21.9 Å². The highest BCUT2D eigenvalue weighted by Gasteiger charge is 2.34. The van der Waals surface area contributed by atoms with Crippen LogP contribution in [0.25, 0.3) is 21.2 Å². The molecule has 1 aromatic heterocycles. The third-order valence-electron chi connectivity index (χ3n) is 4.59. The molecule has 1 heterocycles. The quantitative estimate of drug-likeness (QED) is 0.312. The van der Waals surface area contributed by atoms with Gasteiger partial charge in [0.1, 0.15) is 5.75 Å². The van der Waals surface area contributed by atoms with E-state index < -0.39 is 16.5 Å². The number of alkyl halides is 3. The monoisotopic (exact) mass is 440 g/mol. The summed E-state index contributed by atoms with van der Waals surface area (Å²) < 4.78 is 55.0. The molecule has 0 unspecified atom stereocenters. The molecule has 0 aliphatic heterocycles. The summed E-state index contributed by atoms with van der Waals surface area (Å²) in [7, 11) is 0. The van der Waals surface area contributed by atoms with Gasteiger partial charge in [-0.15, -0.1) is 0 Å². The molecule has 8 heteroatoms. The number of fused-ring (bicyclic) bond motifs is 1. The lowest BCUT2D eigenvalue weighted by atomic mass is 9.96. The maximum Gasteiger partial charge on any atom is 0.417 e. The Kier molecular flexibility index (Phi) is 6.87. The van der Waals surface area contributed by atoms with E-state index in [4.69, 9.17) is 8.74 Å². The lowest BCUT2D eigenvalue weighted by Gasteiger charge is -2.15. The summed E-state index contributed by atoms with van der Waals surface area (Å²) in [4.78, 5) is 12.6. The van der Waals surface area contributed by atoms with Gasteiger partial charge in [0.05, 0.1) is 5.56 Å². The number of unbranched alkanes of at least 4 members (excludes halogenated alkanes) is 2. The van der Waals surface area contributed by atoms with Crippen LogP contribution in [0, 0.1) is 0 Å². The first-order chi connectivity index (χ1) is 13.8. The van der Waals surface area contributed by atoms with E-state index in [1.807, 2.05) is 6.92 Å². The molecule has 0 radical (unpaired) electrons. The van der Waals surface area contributed by atoms with E-state index in [0.29, 0.717) is 27.8 Å². The topological polar surface area (TPSA) is 46.5 Å². The number of halogens is 3. The maximum absolute atomic E-state index is 13.7. The van der Waals surface area contributed by atoms with Crippen LogP contribution in [0.4, 0.5) is 13.2 Å². The van der Waals surface area contributed by atoms with Gasteiger partial charge in [0.15, 0.2) is 0 Å². The Labute approximate surface area is 174 Å². The third kappa shape index (κ3) is 5.12. The van der Waals surface area contributed by atoms with Crippen molar-refractivity contribution in [2.75, 3.05) is 0 Å². The van der Waals surface area contributed by atoms with Gasteiger partial charge in [-0.25, -0.2) is 0 Å². The molecule has 3 nitrogen and oxygen atoms in total. The Morgan fingerprint density at radius 3 is 2.55 bits per heavy atom. The van der Waals surface area contributed by atoms with Crippen molar-refractivity contribution in [3.8, 4) is 16.9 Å². The smallest absolute Gasteiger partial charge is 0.400 e. The molecule has 3 rings (SSSR count). The minimum absolute atomic E-state index is 0.0279. The van der Waals surface area contributed by atoms with Gasteiger partial charge in [-0.05, 0) is 59.7 Å². The molecule has 29 heavy (non-hydrogen) atoms. The zero-order valence-electron chi connectivity index (χ0n) is 15.6. The molecule has 0 bridgehead atoms. The van der Waals surface area contributed by atoms with Gasteiger partial charge in [0.2, 0.25) is 17.1 Å². The van der Waals surface area contributed by atoms with Gasteiger partial charge < -0.3 is 4.18 Å². The van der Waals surface area contributed by atoms with Crippen LogP contribution in [0.5, 0.6) is 5.75 Å². The maximum atomic E-state index is 13.7. The van der Waals surface area contributed by atoms with Crippen molar-refractivity contribution in [1.29, 1.82) is 0 Å². The molecule has 0 atom stereocenters. The predicted octanol–water partition coefficient (Wildman–Crippen LogP) is 7.18. The average molecular weight is 441 g/mol. The Morgan fingerprint density at radius 2 is 1.86 bits per heavy atom. The Bertz CT molecular complexity index is 1060. The summed E-state index contributed by atoms with van der Waals surface area (Å²) in [5, 5.41) is 0.625. The fraction of sp³-hybridized carbons (Fsp3) is 0.286. The zero-order chi connectivity index (χ0) is 21.0. The summed E-state index contributed by atoms with van der Waals surface area (Å²) >= 11 is 1.03. The Hall–Kier alpha value is -2.03. The van der Waals surface area contributed by atoms with Gasteiger partial charge in [0, 0.05) is 10.3 Å². The molecule has 0 fully saturated rings. The average Bonchev–Trinajstić information content (AvgIpc) is 2.67. The number of hydrogen-bond acceptors (Lipinski definition) is 5. The van der Waals surface area contributed by atoms with Gasteiger partial charge >= 0.3 is 6.18 Å². The first-order valence-corrected chi connectivity index (χ1v) is 10.6. The lowest BCUT2D eigenvalue weighted by Crippen LogP contribution is -2.11. The second-order valence-corrected chi connectivity index (χ2v) is 7.97. The first kappa shape index (κ1) is 21.7. The second-order valence-electron chi connectivity index (χ2n) is 6.64. The van der Waals surface area contributed by atoms with E-state index in [9.17, 15) is 18.0 Å². The summed E-state index contributed by atoms with van der Waals surface area (Å²) in [5.74, 6) is 0.348. The van der Waals surface area contributed by atoms with Crippen molar-refractivity contribution in [3.63, 3.8) is 0 Å². The highest BCUT2D eigenvalue weighted by atomic mass is 32.2. The standard InChI is InChI=1S/C21H19F3O3S2/c1-2-3-4-5-13-6-9-16(18(10-13)21(22,23)24)17-11-14-7-8-15(27-29-26)12-19(14)28-20(17)25/h6-12,26H,2-5H2,1H3. The first-order valence-electron chi connectivity index (χ1n) is 9.10. The van der Waals surface area contributed by atoms with Crippen molar-refractivity contribution in [1.82, 2.24) is 0 Å². The predicted molar refractivity (Wildman–Crippen MR) is 113 cm³/mol. The minimum atomic E-state index is -4.56. The van der Waals surface area contributed by atoms with E-state index in [0.717, 1.165) is 36.7 Å². The molecule has 0 amide bonds. The SMILES string of the molecule is CCCCCc1ccc(-c2cc3ccc(OSO)cc3sc2=O)c(C(F)(F)F)c1. The summed E-state index contributed by atoms with van der Waals surface area (Å²) in [6.07, 6.45) is -1.20. The largest absolute Gasteiger partial charge is 0.417 e. The van der Waals surface area contributed by atoms with E-state index in [2.05, 4.69) is 0 Å². The molecule has 154 valence electrons. The highest BCUT2D eigenvalue weighted by molar-refractivity contribution is 7.89. The van der Waals surface area contributed by atoms with Crippen LogP contribution in [-0.2, 0) is 12.6 Å². The van der Waals surface area contributed by atoms with Crippen LogP contribution in [0.15, 0.2) is 47.3 Å². The van der Waals surface area contributed by atoms with Crippen molar-refractivity contribution >= 4 is 33.7 Å². The van der Waals surface area contributed by atoms with Crippen LogP contribution in [-0.4, -0.2) is 4.55 Å². The van der Waals surface area contributed by atoms with Crippen LogP contribution in [0.1, 0.15) is 37.3 Å². The molecular weight excluding hydrogens is 421 g/mol. The summed E-state index contributed by atoms with van der Waals surface area (Å²) in [6.45, 7) is 2.04. The van der Waals surface area contributed by atoms with Gasteiger partial charge in [-0.2, -0.15) is 13.2 Å². The molecule has 0 aliphatic rings. The molecule has 3 aromatic rings. The van der Waals surface area contributed by atoms with Gasteiger partial charge in [0.25, 0.3) is 0 Å². The summed E-state index contributed by atoms with van der Waals surface area (Å²) in [6, 6.07) is 10.5. The molecule has 0 saturated heterocycles. The fourth-order valence-electron chi connectivity index (χ4n) is 3.17. The number of hydrogen-bond donors (Lipinski definition) is 1. The number of aryl methyl sites for hydroxylation is 1. The van der Waals surface area contributed by atoms with Crippen molar-refractivity contribution in [2.45, 2.75) is 38.8 Å². The molecule has 0 aliphatic carbocycles. The van der Waals surface area contributed by atoms with Gasteiger partial charge in [-0.3, -0.25) is 9.35 Å². The molecule has 2 aromatic carbocycles. The van der Waals surface area contributed by atoms with Crippen molar-refractivity contribution in [2.24, 2.45) is 0 Å². The Balaban J connectivity index is 2.08. The highest BCUT2D eigenvalue weighted by Crippen LogP contribution is 2.38. The minimum Gasteiger partial charge on any atom is -0.400 e. The van der Waals surface area contributed by atoms with E-state index >= 15 is 0 Å². The van der Waals surface area contributed by atoms with Crippen LogP contribution in [0.3, 0.4) is 0 Å². The lowest BCUT2D eigenvalue weighted by molar-refractivity contribution is -0.137. The zero-order valence-corrected chi connectivity index (χ0v) is 17.2.